The van der Waals surface area contributed by atoms with Crippen LogP contribution < -0.4 is 5.32 Å². The van der Waals surface area contributed by atoms with Crippen molar-refractivity contribution in [2.75, 3.05) is 46.3 Å². The summed E-state index contributed by atoms with van der Waals surface area (Å²) < 4.78 is 0. The van der Waals surface area contributed by atoms with Gasteiger partial charge in [0.1, 0.15) is 0 Å². The van der Waals surface area contributed by atoms with E-state index in [0.29, 0.717) is 0 Å². The zero-order valence-electron chi connectivity index (χ0n) is 11.3. The summed E-state index contributed by atoms with van der Waals surface area (Å²) in [5.74, 6) is 0. The van der Waals surface area contributed by atoms with Crippen molar-refractivity contribution in [3.05, 3.63) is 0 Å². The Balaban J connectivity index is 2.31. The molecule has 1 N–H and O–H groups in total. The van der Waals surface area contributed by atoms with Crippen LogP contribution in [0.5, 0.6) is 0 Å². The Labute approximate surface area is 101 Å². The molecule has 1 aliphatic heterocycles. The molecule has 1 heterocycles. The molecule has 3 nitrogen and oxygen atoms in total. The molecule has 0 radical (unpaired) electrons. The molecule has 0 aromatic carbocycles. The molecule has 0 saturated carbocycles. The van der Waals surface area contributed by atoms with Crippen LogP contribution in [0.25, 0.3) is 0 Å². The summed E-state index contributed by atoms with van der Waals surface area (Å²) in [6, 6.07) is 0.773. The molecule has 96 valence electrons. The Bertz CT molecular complexity index is 167. The van der Waals surface area contributed by atoms with Gasteiger partial charge in [0.25, 0.3) is 0 Å². The number of likely N-dealkylation sites (tertiary alicyclic amines) is 1. The number of piperidine rings is 1. The second kappa shape index (κ2) is 8.04. The average Bonchev–Trinajstić information content (AvgIpc) is 2.33. The van der Waals surface area contributed by atoms with Crippen molar-refractivity contribution >= 4 is 0 Å². The van der Waals surface area contributed by atoms with Crippen molar-refractivity contribution in [2.24, 2.45) is 0 Å². The zero-order chi connectivity index (χ0) is 11.8. The number of likely N-dealkylation sites (N-methyl/N-ethyl adjacent to an activating group) is 2. The van der Waals surface area contributed by atoms with Gasteiger partial charge in [-0.1, -0.05) is 20.3 Å². The molecule has 1 fully saturated rings. The summed E-state index contributed by atoms with van der Waals surface area (Å²) in [6.07, 6.45) is 4.17. The van der Waals surface area contributed by atoms with Crippen LogP contribution in [-0.2, 0) is 0 Å². The summed E-state index contributed by atoms with van der Waals surface area (Å²) in [5, 5.41) is 3.33. The van der Waals surface area contributed by atoms with Crippen molar-refractivity contribution in [2.45, 2.75) is 39.2 Å². The maximum atomic E-state index is 3.33. The van der Waals surface area contributed by atoms with Crippen molar-refractivity contribution < 1.29 is 0 Å². The third kappa shape index (κ3) is 4.40. The highest BCUT2D eigenvalue weighted by atomic mass is 15.2. The van der Waals surface area contributed by atoms with Gasteiger partial charge in [-0.25, -0.2) is 0 Å². The van der Waals surface area contributed by atoms with Crippen molar-refractivity contribution in [1.82, 2.24) is 15.1 Å². The monoisotopic (exact) mass is 227 g/mol. The van der Waals surface area contributed by atoms with E-state index in [1.54, 1.807) is 0 Å². The molecule has 1 unspecified atom stereocenters. The van der Waals surface area contributed by atoms with Crippen LogP contribution in [0.15, 0.2) is 0 Å². The van der Waals surface area contributed by atoms with E-state index < -0.39 is 0 Å². The molecule has 16 heavy (non-hydrogen) atoms. The Morgan fingerprint density at radius 2 is 2.00 bits per heavy atom. The molecule has 0 aliphatic carbocycles. The van der Waals surface area contributed by atoms with Crippen LogP contribution in [0.2, 0.25) is 0 Å². The van der Waals surface area contributed by atoms with Gasteiger partial charge in [-0.2, -0.15) is 0 Å². The molecule has 0 aromatic rings. The standard InChI is InChI=1S/C13H29N3/c1-4-15(5-2)10-11-16-9-7-6-8-13(16)12-14-3/h13-14H,4-12H2,1-3H3. The van der Waals surface area contributed by atoms with E-state index in [0.717, 1.165) is 12.6 Å². The van der Waals surface area contributed by atoms with E-state index >= 15 is 0 Å². The van der Waals surface area contributed by atoms with Gasteiger partial charge >= 0.3 is 0 Å². The average molecular weight is 227 g/mol. The van der Waals surface area contributed by atoms with Crippen LogP contribution in [0.4, 0.5) is 0 Å². The first-order valence-corrected chi connectivity index (χ1v) is 6.92. The van der Waals surface area contributed by atoms with Crippen molar-refractivity contribution in [1.29, 1.82) is 0 Å². The van der Waals surface area contributed by atoms with Crippen LogP contribution >= 0.6 is 0 Å². The SMILES string of the molecule is CCN(CC)CCN1CCCCC1CNC. The van der Waals surface area contributed by atoms with Crippen LogP contribution in [-0.4, -0.2) is 62.2 Å². The lowest BCUT2D eigenvalue weighted by atomic mass is 10.0. The number of hydrogen-bond donors (Lipinski definition) is 1. The molecule has 1 saturated heterocycles. The molecule has 0 bridgehead atoms. The van der Waals surface area contributed by atoms with E-state index in [1.807, 2.05) is 0 Å². The summed E-state index contributed by atoms with van der Waals surface area (Å²) in [7, 11) is 2.07. The van der Waals surface area contributed by atoms with Gasteiger partial charge < -0.3 is 10.2 Å². The van der Waals surface area contributed by atoms with E-state index in [2.05, 4.69) is 36.0 Å². The fourth-order valence-corrected chi connectivity index (χ4v) is 2.63. The molecule has 1 atom stereocenters. The number of nitrogens with one attached hydrogen (secondary N) is 1. The van der Waals surface area contributed by atoms with Gasteiger partial charge in [-0.3, -0.25) is 4.90 Å². The smallest absolute Gasteiger partial charge is 0.0221 e. The maximum absolute atomic E-state index is 3.33. The second-order valence-electron chi connectivity index (χ2n) is 4.77. The Hall–Kier alpha value is -0.120. The lowest BCUT2D eigenvalue weighted by Gasteiger charge is -2.36. The van der Waals surface area contributed by atoms with Gasteiger partial charge in [0.2, 0.25) is 0 Å². The van der Waals surface area contributed by atoms with Gasteiger partial charge in [0, 0.05) is 25.7 Å². The lowest BCUT2D eigenvalue weighted by molar-refractivity contribution is 0.127. The van der Waals surface area contributed by atoms with Crippen LogP contribution in [0.1, 0.15) is 33.1 Å². The topological polar surface area (TPSA) is 18.5 Å². The highest BCUT2D eigenvalue weighted by Gasteiger charge is 2.21. The molecular formula is C13H29N3. The molecule has 0 aromatic heterocycles. The molecular weight excluding hydrogens is 198 g/mol. The second-order valence-corrected chi connectivity index (χ2v) is 4.77. The summed E-state index contributed by atoms with van der Waals surface area (Å²) >= 11 is 0. The van der Waals surface area contributed by atoms with E-state index in [9.17, 15) is 0 Å². The third-order valence-electron chi connectivity index (χ3n) is 3.79. The first-order chi connectivity index (χ1) is 7.81. The lowest BCUT2D eigenvalue weighted by Crippen LogP contribution is -2.47. The molecule has 3 heteroatoms. The van der Waals surface area contributed by atoms with E-state index in [4.69, 9.17) is 0 Å². The zero-order valence-corrected chi connectivity index (χ0v) is 11.3. The number of hydrogen-bond acceptors (Lipinski definition) is 3. The summed E-state index contributed by atoms with van der Waals surface area (Å²) in [5.41, 5.74) is 0. The van der Waals surface area contributed by atoms with E-state index in [-0.39, 0.29) is 0 Å². The summed E-state index contributed by atoms with van der Waals surface area (Å²) in [6.45, 7) is 11.8. The fourth-order valence-electron chi connectivity index (χ4n) is 2.63. The summed E-state index contributed by atoms with van der Waals surface area (Å²) in [4.78, 5) is 5.20. The minimum absolute atomic E-state index is 0.773. The van der Waals surface area contributed by atoms with E-state index in [1.165, 1.54) is 52.0 Å². The highest BCUT2D eigenvalue weighted by molar-refractivity contribution is 4.78. The normalized spacial score (nSPS) is 22.9. The third-order valence-corrected chi connectivity index (χ3v) is 3.79. The molecule has 0 spiro atoms. The number of rotatable bonds is 7. The minimum Gasteiger partial charge on any atom is -0.318 e. The Morgan fingerprint density at radius 3 is 2.62 bits per heavy atom. The Morgan fingerprint density at radius 1 is 1.25 bits per heavy atom. The van der Waals surface area contributed by atoms with Gasteiger partial charge in [0.05, 0.1) is 0 Å². The first-order valence-electron chi connectivity index (χ1n) is 6.92. The molecule has 0 amide bonds. The molecule has 1 rings (SSSR count). The fraction of sp³-hybridized carbons (Fsp3) is 1.00. The van der Waals surface area contributed by atoms with Gasteiger partial charge in [-0.05, 0) is 39.5 Å². The first kappa shape index (κ1) is 13.9. The predicted octanol–water partition coefficient (Wildman–Crippen LogP) is 1.40. The largest absolute Gasteiger partial charge is 0.318 e. The minimum atomic E-state index is 0.773. The van der Waals surface area contributed by atoms with Gasteiger partial charge in [-0.15, -0.1) is 0 Å². The van der Waals surface area contributed by atoms with Crippen molar-refractivity contribution in [3.8, 4) is 0 Å². The van der Waals surface area contributed by atoms with Crippen molar-refractivity contribution in [3.63, 3.8) is 0 Å². The highest BCUT2D eigenvalue weighted by Crippen LogP contribution is 2.15. The quantitative estimate of drug-likeness (QED) is 0.709. The predicted molar refractivity (Wildman–Crippen MR) is 70.9 cm³/mol. The van der Waals surface area contributed by atoms with Gasteiger partial charge in [0.15, 0.2) is 0 Å². The molecule has 1 aliphatic rings. The van der Waals surface area contributed by atoms with Crippen LogP contribution in [0.3, 0.4) is 0 Å². The Kier molecular flexibility index (Phi) is 7.01. The number of nitrogens with zero attached hydrogens (tertiary/aromatic N) is 2. The van der Waals surface area contributed by atoms with Crippen LogP contribution in [0, 0.1) is 0 Å². The maximum Gasteiger partial charge on any atom is 0.0221 e.